The number of hydrogen-bond donors (Lipinski definition) is 3. The van der Waals surface area contributed by atoms with Gasteiger partial charge in [0.25, 0.3) is 5.91 Å². The fourth-order valence-corrected chi connectivity index (χ4v) is 0.429. The average molecular weight is 149 g/mol. The number of hydrogen-bond acceptors (Lipinski definition) is 3. The number of carbonyl (C=O) groups excluding carboxylic acids is 2. The molecule has 0 bridgehead atoms. The van der Waals surface area contributed by atoms with Gasteiger partial charge in [0, 0.05) is 4.11 Å². The molecule has 0 radical (unpaired) electrons. The van der Waals surface area contributed by atoms with Crippen molar-refractivity contribution in [3.63, 3.8) is 0 Å². The molecule has 3 amide bonds. The van der Waals surface area contributed by atoms with Crippen molar-refractivity contribution in [1.29, 1.82) is 0 Å². The normalized spacial score (nSPS) is 46.7. The number of imide groups is 1. The molecule has 1 rings (SSSR count). The van der Waals surface area contributed by atoms with Crippen molar-refractivity contribution >= 4 is 11.9 Å². The minimum atomic E-state index is -3.30. The first-order chi connectivity index (χ1) is 6.52. The van der Waals surface area contributed by atoms with E-state index in [2.05, 4.69) is 0 Å². The molecule has 0 aromatic heterocycles. The quantitative estimate of drug-likeness (QED) is 0.395. The van der Waals surface area contributed by atoms with E-state index in [-0.39, 0.29) is 0 Å². The molecule has 1 aliphatic rings. The molecule has 1 atom stereocenters. The third-order valence-corrected chi connectivity index (χ3v) is 0.913. The van der Waals surface area contributed by atoms with Crippen LogP contribution < -0.4 is 10.6 Å². The van der Waals surface area contributed by atoms with Crippen molar-refractivity contribution < 1.29 is 21.5 Å². The van der Waals surface area contributed by atoms with Crippen molar-refractivity contribution in [3.8, 4) is 0 Å². The van der Waals surface area contributed by atoms with Gasteiger partial charge in [0.05, 0.1) is 9.24 Å². The topological polar surface area (TPSA) is 78.4 Å². The summed E-state index contributed by atoms with van der Waals surface area (Å²) in [7, 11) is 0. The zero-order valence-electron chi connectivity index (χ0n) is 9.76. The van der Waals surface area contributed by atoms with Gasteiger partial charge in [-0.1, -0.05) is 0 Å². The molecule has 1 unspecified atom stereocenters. The Balaban J connectivity index is 3.26. The molecular weight excluding hydrogens is 136 g/mol. The molecular formula is C5H8N2O3. The lowest BCUT2D eigenvalue weighted by atomic mass is 10.1. The second-order valence-electron chi connectivity index (χ2n) is 1.74. The van der Waals surface area contributed by atoms with Crippen molar-refractivity contribution in [3.05, 3.63) is 0 Å². The highest BCUT2D eigenvalue weighted by Gasteiger charge is 2.35. The zero-order chi connectivity index (χ0) is 12.1. The predicted octanol–water partition coefficient (Wildman–Crippen LogP) is -1.42. The van der Waals surface area contributed by atoms with Gasteiger partial charge in [-0.15, -0.1) is 0 Å². The van der Waals surface area contributed by atoms with E-state index >= 15 is 0 Å². The molecule has 1 saturated heterocycles. The van der Waals surface area contributed by atoms with Crippen LogP contribution >= 0.6 is 0 Å². The van der Waals surface area contributed by atoms with Crippen LogP contribution in [0.4, 0.5) is 4.79 Å². The molecule has 0 aromatic rings. The molecule has 0 spiro atoms. The van der Waals surface area contributed by atoms with E-state index < -0.39 is 30.9 Å². The van der Waals surface area contributed by atoms with Gasteiger partial charge in [0.2, 0.25) is 0 Å². The number of urea groups is 1. The highest BCUT2D eigenvalue weighted by Crippen LogP contribution is 2.03. The van der Waals surface area contributed by atoms with Crippen LogP contribution in [-0.2, 0) is 4.79 Å². The predicted molar refractivity (Wildman–Crippen MR) is 32.2 cm³/mol. The molecule has 5 nitrogen and oxygen atoms in total. The van der Waals surface area contributed by atoms with Gasteiger partial charge in [-0.05, 0) is 6.85 Å². The van der Waals surface area contributed by atoms with Gasteiger partial charge in [-0.3, -0.25) is 10.1 Å². The Kier molecular flexibility index (Phi) is 0.560. The van der Waals surface area contributed by atoms with Crippen LogP contribution in [0.25, 0.3) is 0 Å². The maximum absolute atomic E-state index is 11.2. The van der Waals surface area contributed by atoms with E-state index in [4.69, 9.17) is 6.85 Å². The Morgan fingerprint density at radius 3 is 3.10 bits per heavy atom. The summed E-state index contributed by atoms with van der Waals surface area (Å²) in [5.74, 6) is -1.59. The van der Waals surface area contributed by atoms with Crippen molar-refractivity contribution in [2.75, 3.05) is 6.50 Å². The third kappa shape index (κ3) is 1.08. The molecule has 0 aromatic carbocycles. The van der Waals surface area contributed by atoms with Gasteiger partial charge in [-0.2, -0.15) is 0 Å². The monoisotopic (exact) mass is 149 g/mol. The molecule has 5 heteroatoms. The Morgan fingerprint density at radius 1 is 1.90 bits per heavy atom. The number of aliphatic hydroxyl groups is 1. The number of nitrogens with one attached hydrogen (secondary N) is 2. The minimum absolute atomic E-state index is 1.20. The number of rotatable bonds is 0. The highest BCUT2D eigenvalue weighted by atomic mass is 16.3. The van der Waals surface area contributed by atoms with E-state index in [1.54, 1.807) is 0 Å². The summed E-state index contributed by atoms with van der Waals surface area (Å²) in [5, 5.41) is 12.6. The number of β-amino-alcohol motifs (C(OH)–C–C–N with tert-alkyl or cyclic N) is 1. The maximum atomic E-state index is 11.2. The smallest absolute Gasteiger partial charge is 0.321 e. The van der Waals surface area contributed by atoms with E-state index in [1.807, 2.05) is 0 Å². The van der Waals surface area contributed by atoms with E-state index in [1.165, 1.54) is 10.6 Å². The van der Waals surface area contributed by atoms with Crippen LogP contribution in [0.5, 0.6) is 0 Å². The summed E-state index contributed by atoms with van der Waals surface area (Å²) in [5.41, 5.74) is -3.30. The standard InChI is InChI=1S/C5H8N2O3/c1-5(10)2-6-4(9)7-3(5)8/h10H,2H2,1H3,(H2,6,7,8,9)/i1D3,2D2. The maximum Gasteiger partial charge on any atom is 0.321 e. The van der Waals surface area contributed by atoms with Gasteiger partial charge in [0.1, 0.15) is 0 Å². The van der Waals surface area contributed by atoms with Crippen molar-refractivity contribution in [1.82, 2.24) is 10.6 Å². The molecule has 0 aliphatic carbocycles. The largest absolute Gasteiger partial charge is 0.378 e. The number of amides is 3. The Labute approximate surface area is 64.4 Å². The molecule has 3 N–H and O–H groups in total. The lowest BCUT2D eigenvalue weighted by molar-refractivity contribution is -0.137. The first-order valence-corrected chi connectivity index (χ1v) is 2.38. The summed E-state index contributed by atoms with van der Waals surface area (Å²) in [6, 6.07) is -1.20. The first-order valence-electron chi connectivity index (χ1n) is 4.88. The lowest BCUT2D eigenvalue weighted by Crippen LogP contribution is -2.61. The molecule has 10 heavy (non-hydrogen) atoms. The molecule has 1 aliphatic heterocycles. The van der Waals surface area contributed by atoms with E-state index in [0.717, 1.165) is 0 Å². The van der Waals surface area contributed by atoms with Crippen LogP contribution in [0, 0.1) is 0 Å². The van der Waals surface area contributed by atoms with Crippen molar-refractivity contribution in [2.45, 2.75) is 12.5 Å². The summed E-state index contributed by atoms with van der Waals surface area (Å²) < 4.78 is 35.0. The number of carbonyl (C=O) groups is 2. The third-order valence-electron chi connectivity index (χ3n) is 0.913. The molecule has 1 fully saturated rings. The van der Waals surface area contributed by atoms with Gasteiger partial charge >= 0.3 is 6.03 Å². The van der Waals surface area contributed by atoms with Crippen LogP contribution in [0.2, 0.25) is 0 Å². The second kappa shape index (κ2) is 1.95. The van der Waals surface area contributed by atoms with E-state index in [0.29, 0.717) is 0 Å². The van der Waals surface area contributed by atoms with Crippen LogP contribution in [-0.4, -0.2) is 29.1 Å². The SMILES string of the molecule is [2H]C([2H])([2H])C1(O)C(=O)NC(=O)NC1([2H])[2H]. The summed E-state index contributed by atoms with van der Waals surface area (Å²) in [4.78, 5) is 21.9. The Hall–Kier alpha value is -1.10. The lowest BCUT2D eigenvalue weighted by Gasteiger charge is -2.26. The summed E-state index contributed by atoms with van der Waals surface area (Å²) in [6.07, 6.45) is 0. The molecule has 0 saturated carbocycles. The molecule has 1 heterocycles. The molecule has 56 valence electrons. The van der Waals surface area contributed by atoms with Gasteiger partial charge in [-0.25, -0.2) is 4.79 Å². The average Bonchev–Trinajstić information content (AvgIpc) is 1.96. The van der Waals surface area contributed by atoms with Crippen LogP contribution in [0.1, 0.15) is 13.7 Å². The fraction of sp³-hybridized carbons (Fsp3) is 0.600. The second-order valence-corrected chi connectivity index (χ2v) is 1.74. The van der Waals surface area contributed by atoms with Gasteiger partial charge < -0.3 is 10.4 Å². The minimum Gasteiger partial charge on any atom is -0.378 e. The van der Waals surface area contributed by atoms with Crippen LogP contribution in [0.15, 0.2) is 0 Å². The Bertz CT molecular complexity index is 327. The highest BCUT2D eigenvalue weighted by molar-refractivity contribution is 6.01. The Morgan fingerprint density at radius 2 is 2.60 bits per heavy atom. The first kappa shape index (κ1) is 2.87. The van der Waals surface area contributed by atoms with Gasteiger partial charge in [0.15, 0.2) is 5.60 Å². The van der Waals surface area contributed by atoms with Crippen LogP contribution in [0.3, 0.4) is 0 Å². The summed E-state index contributed by atoms with van der Waals surface area (Å²) >= 11 is 0. The van der Waals surface area contributed by atoms with E-state index in [9.17, 15) is 14.7 Å². The van der Waals surface area contributed by atoms with Crippen molar-refractivity contribution in [2.24, 2.45) is 0 Å². The zero-order valence-corrected chi connectivity index (χ0v) is 4.76. The summed E-state index contributed by atoms with van der Waals surface area (Å²) in [6.45, 7) is -6.36. The fourth-order valence-electron chi connectivity index (χ4n) is 0.429.